The Morgan fingerprint density at radius 1 is 1.45 bits per heavy atom. The van der Waals surface area contributed by atoms with E-state index in [2.05, 4.69) is 27.4 Å². The lowest BCUT2D eigenvalue weighted by atomic mass is 9.54. The molecular formula is C19H26O3. The highest BCUT2D eigenvalue weighted by molar-refractivity contribution is 5.87. The van der Waals surface area contributed by atoms with Crippen molar-refractivity contribution in [1.82, 2.24) is 0 Å². The number of hydrogen-bond donors (Lipinski definition) is 0. The second kappa shape index (κ2) is 5.29. The molecule has 0 unspecified atom stereocenters. The molecule has 0 radical (unpaired) electrons. The molecule has 0 aliphatic heterocycles. The highest BCUT2D eigenvalue weighted by Crippen LogP contribution is 2.53. The molecule has 0 N–H and O–H groups in total. The number of furan rings is 1. The number of ether oxygens (including phenoxy) is 1. The molecule has 1 heterocycles. The van der Waals surface area contributed by atoms with Crippen molar-refractivity contribution in [3.8, 4) is 0 Å². The summed E-state index contributed by atoms with van der Waals surface area (Å²) in [5.41, 5.74) is 3.27. The molecule has 120 valence electrons. The lowest BCUT2D eigenvalue weighted by molar-refractivity contribution is -0.157. The summed E-state index contributed by atoms with van der Waals surface area (Å²) < 4.78 is 11.5. The molecule has 1 aromatic rings. The maximum atomic E-state index is 12.0. The Balaban J connectivity index is 1.92. The third-order valence-electron chi connectivity index (χ3n) is 6.07. The smallest absolute Gasteiger partial charge is 0.333 e. The van der Waals surface area contributed by atoms with Crippen LogP contribution in [0.15, 0.2) is 22.8 Å². The summed E-state index contributed by atoms with van der Waals surface area (Å²) in [7, 11) is 0. The zero-order chi connectivity index (χ0) is 16.1. The first-order valence-corrected chi connectivity index (χ1v) is 8.25. The summed E-state index contributed by atoms with van der Waals surface area (Å²) in [6, 6.07) is 0. The Morgan fingerprint density at radius 3 is 2.86 bits per heavy atom. The minimum Gasteiger partial charge on any atom is -0.469 e. The number of esters is 1. The monoisotopic (exact) mass is 302 g/mol. The number of fused-ring (bicyclic) bond motifs is 2. The zero-order valence-electron chi connectivity index (χ0n) is 14.1. The molecule has 3 rings (SSSR count). The summed E-state index contributed by atoms with van der Waals surface area (Å²) in [5, 5.41) is 0. The molecule has 0 spiro atoms. The number of rotatable bonds is 2. The number of carbonyl (C=O) groups is 1. The summed E-state index contributed by atoms with van der Waals surface area (Å²) >= 11 is 0. The molecule has 2 aliphatic carbocycles. The van der Waals surface area contributed by atoms with E-state index in [4.69, 9.17) is 9.15 Å². The molecule has 1 aromatic heterocycles. The van der Waals surface area contributed by atoms with E-state index in [9.17, 15) is 4.79 Å². The quantitative estimate of drug-likeness (QED) is 0.606. The zero-order valence-corrected chi connectivity index (χ0v) is 14.1. The van der Waals surface area contributed by atoms with E-state index in [-0.39, 0.29) is 17.5 Å². The molecule has 3 nitrogen and oxygen atoms in total. The summed E-state index contributed by atoms with van der Waals surface area (Å²) in [6.45, 7) is 12.2. The van der Waals surface area contributed by atoms with Crippen LogP contribution in [-0.4, -0.2) is 12.1 Å². The van der Waals surface area contributed by atoms with E-state index >= 15 is 0 Å². The first kappa shape index (κ1) is 15.4. The van der Waals surface area contributed by atoms with Crippen molar-refractivity contribution in [3.63, 3.8) is 0 Å². The van der Waals surface area contributed by atoms with E-state index in [1.807, 2.05) is 6.26 Å². The van der Waals surface area contributed by atoms with E-state index in [0.29, 0.717) is 17.4 Å². The van der Waals surface area contributed by atoms with Crippen molar-refractivity contribution in [1.29, 1.82) is 0 Å². The lowest BCUT2D eigenvalue weighted by Gasteiger charge is -2.51. The highest BCUT2D eigenvalue weighted by atomic mass is 16.5. The van der Waals surface area contributed by atoms with E-state index in [0.717, 1.165) is 31.4 Å². The highest BCUT2D eigenvalue weighted by Gasteiger charge is 2.51. The van der Waals surface area contributed by atoms with E-state index in [1.165, 1.54) is 11.1 Å². The van der Waals surface area contributed by atoms with Crippen LogP contribution in [0, 0.1) is 24.2 Å². The van der Waals surface area contributed by atoms with Gasteiger partial charge in [-0.05, 0) is 55.6 Å². The maximum absolute atomic E-state index is 12.0. The van der Waals surface area contributed by atoms with Crippen LogP contribution in [0.5, 0.6) is 0 Å². The van der Waals surface area contributed by atoms with Gasteiger partial charge >= 0.3 is 5.97 Å². The van der Waals surface area contributed by atoms with Gasteiger partial charge in [-0.25, -0.2) is 4.79 Å². The fraction of sp³-hybridized carbons (Fsp3) is 0.632. The Hall–Kier alpha value is -1.51. The van der Waals surface area contributed by atoms with Crippen molar-refractivity contribution in [2.75, 3.05) is 0 Å². The molecule has 1 saturated carbocycles. The molecule has 2 aliphatic rings. The largest absolute Gasteiger partial charge is 0.469 e. The summed E-state index contributed by atoms with van der Waals surface area (Å²) in [5.74, 6) is 1.78. The van der Waals surface area contributed by atoms with Gasteiger partial charge < -0.3 is 9.15 Å². The Labute approximate surface area is 132 Å². The van der Waals surface area contributed by atoms with Crippen molar-refractivity contribution >= 4 is 5.97 Å². The van der Waals surface area contributed by atoms with Gasteiger partial charge in [-0.3, -0.25) is 0 Å². The summed E-state index contributed by atoms with van der Waals surface area (Å²) in [4.78, 5) is 12.0. The van der Waals surface area contributed by atoms with E-state index in [1.54, 1.807) is 6.92 Å². The van der Waals surface area contributed by atoms with Crippen LogP contribution in [0.2, 0.25) is 0 Å². The molecule has 0 aromatic carbocycles. The maximum Gasteiger partial charge on any atom is 0.333 e. The van der Waals surface area contributed by atoms with Crippen LogP contribution >= 0.6 is 0 Å². The molecule has 3 heteroatoms. The van der Waals surface area contributed by atoms with Crippen LogP contribution in [0.1, 0.15) is 50.5 Å². The standard InChI is InChI=1S/C19H26O3/c1-11(2)18(20)22-16-7-6-13(4)19(5)9-14-12(3)10-21-17(14)8-15(16)19/h10,13,15-16H,1,6-9H2,2-5H3/t13-,15-,16+,19+/m0/s1. The van der Waals surface area contributed by atoms with Gasteiger partial charge in [0.1, 0.15) is 11.9 Å². The number of carbonyl (C=O) groups excluding carboxylic acids is 1. The normalized spacial score (nSPS) is 33.7. The first-order chi connectivity index (χ1) is 10.3. The minimum atomic E-state index is -0.261. The van der Waals surface area contributed by atoms with Crippen molar-refractivity contribution in [2.24, 2.45) is 17.3 Å². The third kappa shape index (κ3) is 2.31. The van der Waals surface area contributed by atoms with Crippen LogP contribution in [-0.2, 0) is 22.4 Å². The van der Waals surface area contributed by atoms with Crippen LogP contribution in [0.3, 0.4) is 0 Å². The van der Waals surface area contributed by atoms with Crippen LogP contribution in [0.25, 0.3) is 0 Å². The predicted molar refractivity (Wildman–Crippen MR) is 85.5 cm³/mol. The van der Waals surface area contributed by atoms with Gasteiger partial charge in [-0.2, -0.15) is 0 Å². The second-order valence-corrected chi connectivity index (χ2v) is 7.52. The topological polar surface area (TPSA) is 39.4 Å². The average molecular weight is 302 g/mol. The Bertz CT molecular complexity index is 612. The van der Waals surface area contributed by atoms with Gasteiger partial charge in [0.2, 0.25) is 0 Å². The molecule has 1 fully saturated rings. The molecule has 22 heavy (non-hydrogen) atoms. The Morgan fingerprint density at radius 2 is 2.18 bits per heavy atom. The minimum absolute atomic E-state index is 0.0241. The summed E-state index contributed by atoms with van der Waals surface area (Å²) in [6.07, 6.45) is 5.78. The second-order valence-electron chi connectivity index (χ2n) is 7.52. The number of aryl methyl sites for hydroxylation is 1. The van der Waals surface area contributed by atoms with Gasteiger partial charge in [0.15, 0.2) is 0 Å². The number of hydrogen-bond acceptors (Lipinski definition) is 3. The van der Waals surface area contributed by atoms with Gasteiger partial charge in [0, 0.05) is 17.9 Å². The first-order valence-electron chi connectivity index (χ1n) is 8.25. The lowest BCUT2D eigenvalue weighted by Crippen LogP contribution is -2.51. The predicted octanol–water partition coefficient (Wildman–Crippen LogP) is 4.23. The molecular weight excluding hydrogens is 276 g/mol. The molecule has 0 amide bonds. The van der Waals surface area contributed by atoms with E-state index < -0.39 is 0 Å². The average Bonchev–Trinajstić information content (AvgIpc) is 2.81. The van der Waals surface area contributed by atoms with Crippen molar-refractivity contribution in [3.05, 3.63) is 35.3 Å². The Kier molecular flexibility index (Phi) is 3.70. The van der Waals surface area contributed by atoms with Crippen LogP contribution in [0.4, 0.5) is 0 Å². The van der Waals surface area contributed by atoms with Crippen LogP contribution < -0.4 is 0 Å². The molecule has 0 bridgehead atoms. The van der Waals surface area contributed by atoms with Crippen molar-refractivity contribution in [2.45, 2.75) is 59.5 Å². The fourth-order valence-corrected chi connectivity index (χ4v) is 4.30. The molecule has 4 atom stereocenters. The van der Waals surface area contributed by atoms with Gasteiger partial charge in [0.25, 0.3) is 0 Å². The van der Waals surface area contributed by atoms with Gasteiger partial charge in [-0.1, -0.05) is 20.4 Å². The van der Waals surface area contributed by atoms with Gasteiger partial charge in [-0.15, -0.1) is 0 Å². The molecule has 0 saturated heterocycles. The van der Waals surface area contributed by atoms with Crippen molar-refractivity contribution < 1.29 is 13.9 Å². The van der Waals surface area contributed by atoms with Gasteiger partial charge in [0.05, 0.1) is 6.26 Å². The SMILES string of the molecule is C=C(C)C(=O)O[C@@H]1CC[C@H](C)[C@@]2(C)Cc3c(C)coc3C[C@@H]12. The third-order valence-corrected chi connectivity index (χ3v) is 6.07. The fourth-order valence-electron chi connectivity index (χ4n) is 4.30.